The summed E-state index contributed by atoms with van der Waals surface area (Å²) in [6.07, 6.45) is 1.45. The van der Waals surface area contributed by atoms with Crippen LogP contribution in [0.15, 0.2) is 63.9 Å². The van der Waals surface area contributed by atoms with Crippen molar-refractivity contribution in [3.05, 3.63) is 99.2 Å². The Hall–Kier alpha value is -5.13. The number of nitrogens with one attached hydrogen (secondary N) is 2. The molecule has 0 atom stereocenters. The van der Waals surface area contributed by atoms with E-state index in [2.05, 4.69) is 20.7 Å². The van der Waals surface area contributed by atoms with Crippen LogP contribution >= 0.6 is 0 Å². The van der Waals surface area contributed by atoms with E-state index in [1.807, 2.05) is 0 Å². The van der Waals surface area contributed by atoms with E-state index in [-0.39, 0.29) is 35.7 Å². The van der Waals surface area contributed by atoms with E-state index in [0.29, 0.717) is 16.7 Å². The Morgan fingerprint density at radius 2 is 1.68 bits per heavy atom. The maximum Gasteiger partial charge on any atom is 0.419 e. The molecule has 3 aromatic heterocycles. The summed E-state index contributed by atoms with van der Waals surface area (Å²) < 4.78 is 21.9. The molecule has 192 valence electrons. The number of carbonyl (C=O) groups excluding carboxylic acids is 3. The van der Waals surface area contributed by atoms with Crippen LogP contribution in [0.25, 0.3) is 16.7 Å². The number of oxazole rings is 1. The normalized spacial score (nSPS) is 11.1. The first-order valence-electron chi connectivity index (χ1n) is 11.5. The van der Waals surface area contributed by atoms with Crippen LogP contribution in [-0.2, 0) is 20.1 Å². The number of Topliss-reactive ketones (excluding diaryl/α,β-unsaturated/α-hetero) is 1. The minimum absolute atomic E-state index is 0.00297. The molecule has 3 heterocycles. The minimum Gasteiger partial charge on any atom is -0.408 e. The summed E-state index contributed by atoms with van der Waals surface area (Å²) in [4.78, 5) is 53.3. The summed E-state index contributed by atoms with van der Waals surface area (Å²) in [6.45, 7) is 1.40. The molecule has 0 aliphatic heterocycles. The van der Waals surface area contributed by atoms with Gasteiger partial charge in [0.2, 0.25) is 0 Å². The summed E-state index contributed by atoms with van der Waals surface area (Å²) in [5.41, 5.74) is 2.53. The van der Waals surface area contributed by atoms with Crippen molar-refractivity contribution in [1.29, 1.82) is 0 Å². The Morgan fingerprint density at radius 3 is 2.42 bits per heavy atom. The first-order chi connectivity index (χ1) is 18.2. The summed E-state index contributed by atoms with van der Waals surface area (Å²) in [7, 11) is 1.59. The van der Waals surface area contributed by atoms with Crippen molar-refractivity contribution in [3.63, 3.8) is 0 Å². The highest BCUT2D eigenvalue weighted by Crippen LogP contribution is 2.15. The summed E-state index contributed by atoms with van der Waals surface area (Å²) in [5.74, 6) is -2.63. The van der Waals surface area contributed by atoms with Gasteiger partial charge >= 0.3 is 5.76 Å². The molecule has 5 rings (SSSR count). The zero-order chi connectivity index (χ0) is 27.0. The Bertz CT molecular complexity index is 1800. The lowest BCUT2D eigenvalue weighted by molar-refractivity contribution is 0.0940. The van der Waals surface area contributed by atoms with Crippen molar-refractivity contribution in [2.45, 2.75) is 20.0 Å². The first kappa shape index (κ1) is 24.6. The van der Waals surface area contributed by atoms with E-state index in [1.165, 1.54) is 40.4 Å². The number of hydrogen-bond acceptors (Lipinski definition) is 7. The predicted octanol–water partition coefficient (Wildman–Crippen LogP) is 2.38. The molecule has 38 heavy (non-hydrogen) atoms. The molecule has 11 nitrogen and oxygen atoms in total. The van der Waals surface area contributed by atoms with Crippen LogP contribution in [0.5, 0.6) is 0 Å². The molecular formula is C26H21FN6O5. The van der Waals surface area contributed by atoms with Crippen LogP contribution in [0, 0.1) is 5.82 Å². The van der Waals surface area contributed by atoms with Gasteiger partial charge in [0.1, 0.15) is 17.2 Å². The number of aryl methyl sites for hydroxylation is 1. The third kappa shape index (κ3) is 4.66. The van der Waals surface area contributed by atoms with E-state index in [0.717, 1.165) is 5.56 Å². The second kappa shape index (κ2) is 9.73. The quantitative estimate of drug-likeness (QED) is 0.317. The number of ketones is 1. The first-order valence-corrected chi connectivity index (χ1v) is 11.5. The lowest BCUT2D eigenvalue weighted by Gasteiger charge is -2.10. The smallest absolute Gasteiger partial charge is 0.408 e. The number of aromatic nitrogens is 4. The van der Waals surface area contributed by atoms with E-state index in [4.69, 9.17) is 4.42 Å². The zero-order valence-electron chi connectivity index (χ0n) is 20.3. The fourth-order valence-corrected chi connectivity index (χ4v) is 3.97. The Labute approximate surface area is 213 Å². The van der Waals surface area contributed by atoms with E-state index < -0.39 is 29.2 Å². The average molecular weight is 516 g/mol. The number of fused-ring (bicyclic) bond motifs is 2. The van der Waals surface area contributed by atoms with Crippen molar-refractivity contribution in [3.8, 4) is 0 Å². The van der Waals surface area contributed by atoms with E-state index in [9.17, 15) is 23.6 Å². The van der Waals surface area contributed by atoms with Crippen molar-refractivity contribution >= 4 is 34.3 Å². The van der Waals surface area contributed by atoms with Crippen LogP contribution in [0.4, 0.5) is 4.39 Å². The van der Waals surface area contributed by atoms with Crippen molar-refractivity contribution in [2.24, 2.45) is 7.05 Å². The lowest BCUT2D eigenvalue weighted by atomic mass is 10.1. The highest BCUT2D eigenvalue weighted by atomic mass is 19.1. The van der Waals surface area contributed by atoms with Crippen molar-refractivity contribution in [2.75, 3.05) is 0 Å². The van der Waals surface area contributed by atoms with Crippen LogP contribution in [0.2, 0.25) is 0 Å². The van der Waals surface area contributed by atoms with Crippen molar-refractivity contribution < 1.29 is 23.2 Å². The standard InChI is InChI=1S/C26H21FN6O5/c1-14(34)17-5-3-15(9-18(17)27)12-29-25(36)21-11-19(31-23-7-8-30-33(21)23)24(35)28-13-16-4-6-22-20(10-16)32(2)26(37)38-22/h3-11H,12-13H2,1-2H3,(H,28,35)(H,29,36). The summed E-state index contributed by atoms with van der Waals surface area (Å²) in [5, 5.41) is 9.53. The van der Waals surface area contributed by atoms with Gasteiger partial charge in [-0.05, 0) is 42.3 Å². The maximum atomic E-state index is 14.1. The molecule has 12 heteroatoms. The molecule has 2 aromatic carbocycles. The minimum atomic E-state index is -0.671. The highest BCUT2D eigenvalue weighted by Gasteiger charge is 2.18. The second-order valence-electron chi connectivity index (χ2n) is 8.59. The SMILES string of the molecule is CC(=O)c1ccc(CNC(=O)c2cc(C(=O)NCc3ccc4oc(=O)n(C)c4c3)nc3ccnn23)cc1F. The largest absolute Gasteiger partial charge is 0.419 e. The number of carbonyl (C=O) groups is 3. The molecule has 0 fully saturated rings. The molecule has 0 radical (unpaired) electrons. The van der Waals surface area contributed by atoms with Gasteiger partial charge in [-0.3, -0.25) is 19.0 Å². The van der Waals surface area contributed by atoms with E-state index >= 15 is 0 Å². The summed E-state index contributed by atoms with van der Waals surface area (Å²) >= 11 is 0. The predicted molar refractivity (Wildman–Crippen MR) is 133 cm³/mol. The highest BCUT2D eigenvalue weighted by molar-refractivity contribution is 5.98. The molecule has 0 saturated carbocycles. The number of benzene rings is 2. The molecule has 0 aliphatic rings. The van der Waals surface area contributed by atoms with Gasteiger partial charge in [-0.2, -0.15) is 5.10 Å². The number of rotatable bonds is 7. The number of amides is 2. The maximum absolute atomic E-state index is 14.1. The molecule has 2 amide bonds. The Kier molecular flexibility index (Phi) is 6.29. The van der Waals surface area contributed by atoms with Gasteiger partial charge in [-0.15, -0.1) is 0 Å². The molecule has 2 N–H and O–H groups in total. The van der Waals surface area contributed by atoms with Gasteiger partial charge in [0.15, 0.2) is 17.0 Å². The Balaban J connectivity index is 1.33. The summed E-state index contributed by atoms with van der Waals surface area (Å²) in [6, 6.07) is 12.1. The molecule has 0 spiro atoms. The lowest BCUT2D eigenvalue weighted by Crippen LogP contribution is -2.28. The molecule has 0 unspecified atom stereocenters. The molecule has 0 bridgehead atoms. The fraction of sp³-hybridized carbons (Fsp3) is 0.154. The van der Waals surface area contributed by atoms with Crippen LogP contribution in [0.3, 0.4) is 0 Å². The van der Waals surface area contributed by atoms with E-state index in [1.54, 1.807) is 37.4 Å². The van der Waals surface area contributed by atoms with Gasteiger partial charge in [-0.25, -0.2) is 18.7 Å². The van der Waals surface area contributed by atoms with Gasteiger partial charge < -0.3 is 15.1 Å². The van der Waals surface area contributed by atoms with Gasteiger partial charge in [-0.1, -0.05) is 12.1 Å². The van der Waals surface area contributed by atoms with Crippen LogP contribution in [-0.4, -0.2) is 36.8 Å². The molecule has 5 aromatic rings. The number of hydrogen-bond donors (Lipinski definition) is 2. The molecular weight excluding hydrogens is 495 g/mol. The molecule has 0 saturated heterocycles. The number of nitrogens with zero attached hydrogens (tertiary/aromatic N) is 4. The second-order valence-corrected chi connectivity index (χ2v) is 8.59. The Morgan fingerprint density at radius 1 is 0.974 bits per heavy atom. The average Bonchev–Trinajstić information content (AvgIpc) is 3.49. The van der Waals surface area contributed by atoms with Gasteiger partial charge in [0.25, 0.3) is 11.8 Å². The monoisotopic (exact) mass is 516 g/mol. The topological polar surface area (TPSA) is 141 Å². The third-order valence-electron chi connectivity index (χ3n) is 6.00. The van der Waals surface area contributed by atoms with Gasteiger partial charge in [0, 0.05) is 32.3 Å². The fourth-order valence-electron chi connectivity index (χ4n) is 3.97. The van der Waals surface area contributed by atoms with Crippen LogP contribution < -0.4 is 16.4 Å². The van der Waals surface area contributed by atoms with Gasteiger partial charge in [0.05, 0.1) is 17.3 Å². The number of halogens is 1. The third-order valence-corrected chi connectivity index (χ3v) is 6.00. The molecule has 0 aliphatic carbocycles. The zero-order valence-corrected chi connectivity index (χ0v) is 20.3. The van der Waals surface area contributed by atoms with Crippen LogP contribution in [0.1, 0.15) is 49.4 Å². The van der Waals surface area contributed by atoms with Crippen molar-refractivity contribution in [1.82, 2.24) is 29.8 Å².